The van der Waals surface area contributed by atoms with Gasteiger partial charge in [0.1, 0.15) is 0 Å². The molecule has 2 unspecified atom stereocenters. The van der Waals surface area contributed by atoms with Crippen molar-refractivity contribution < 1.29 is 18.9 Å². The highest BCUT2D eigenvalue weighted by atomic mass is 16.6. The van der Waals surface area contributed by atoms with E-state index in [0.717, 1.165) is 5.56 Å². The second kappa shape index (κ2) is 11.6. The minimum absolute atomic E-state index is 0.0928. The molecule has 0 fully saturated rings. The Morgan fingerprint density at radius 2 is 1.57 bits per heavy atom. The third-order valence-corrected chi connectivity index (χ3v) is 2.84. The Hall–Kier alpha value is -1.05. The maximum atomic E-state index is 5.96. The zero-order valence-electron chi connectivity index (χ0n) is 12.9. The van der Waals surface area contributed by atoms with Gasteiger partial charge in [0, 0.05) is 25.5 Å². The van der Waals surface area contributed by atoms with E-state index in [1.165, 1.54) is 0 Å². The van der Waals surface area contributed by atoms with Crippen LogP contribution in [0.15, 0.2) is 24.5 Å². The number of aromatic nitrogens is 1. The van der Waals surface area contributed by atoms with E-state index in [2.05, 4.69) is 4.98 Å². The number of methoxy groups -OCH3 is 1. The highest BCUT2D eigenvalue weighted by Gasteiger charge is 2.16. The van der Waals surface area contributed by atoms with Gasteiger partial charge < -0.3 is 24.7 Å². The second-order valence-electron chi connectivity index (χ2n) is 4.65. The lowest BCUT2D eigenvalue weighted by atomic mass is 10.1. The van der Waals surface area contributed by atoms with Crippen LogP contribution in [0.2, 0.25) is 0 Å². The second-order valence-corrected chi connectivity index (χ2v) is 4.65. The molecule has 0 saturated heterocycles. The van der Waals surface area contributed by atoms with E-state index in [1.807, 2.05) is 19.1 Å². The molecule has 1 aromatic heterocycles. The van der Waals surface area contributed by atoms with Crippen LogP contribution in [0, 0.1) is 0 Å². The van der Waals surface area contributed by atoms with Gasteiger partial charge in [-0.15, -0.1) is 0 Å². The van der Waals surface area contributed by atoms with Crippen molar-refractivity contribution in [2.24, 2.45) is 5.73 Å². The lowest BCUT2D eigenvalue weighted by Gasteiger charge is -2.21. The summed E-state index contributed by atoms with van der Waals surface area (Å²) in [6, 6.07) is 3.74. The molecule has 0 aromatic carbocycles. The summed E-state index contributed by atoms with van der Waals surface area (Å²) in [6.45, 7) is 5.23. The third kappa shape index (κ3) is 8.08. The quantitative estimate of drug-likeness (QED) is 0.584. The SMILES string of the molecule is COCCOCCOCCOC(c1ccncc1)C(C)N. The number of nitrogens with two attached hydrogens (primary N) is 1. The molecule has 0 aliphatic heterocycles. The van der Waals surface area contributed by atoms with Crippen LogP contribution >= 0.6 is 0 Å². The monoisotopic (exact) mass is 298 g/mol. The summed E-state index contributed by atoms with van der Waals surface area (Å²) >= 11 is 0. The fourth-order valence-corrected chi connectivity index (χ4v) is 1.80. The van der Waals surface area contributed by atoms with Crippen molar-refractivity contribution in [1.29, 1.82) is 0 Å². The van der Waals surface area contributed by atoms with E-state index in [9.17, 15) is 0 Å². The van der Waals surface area contributed by atoms with Crippen LogP contribution in [-0.2, 0) is 18.9 Å². The van der Waals surface area contributed by atoms with Gasteiger partial charge in [0.15, 0.2) is 0 Å². The molecule has 1 rings (SSSR count). The van der Waals surface area contributed by atoms with Crippen LogP contribution in [0.4, 0.5) is 0 Å². The highest BCUT2D eigenvalue weighted by Crippen LogP contribution is 2.19. The van der Waals surface area contributed by atoms with Gasteiger partial charge in [-0.3, -0.25) is 4.98 Å². The zero-order chi connectivity index (χ0) is 15.3. The number of rotatable bonds is 12. The van der Waals surface area contributed by atoms with E-state index in [0.29, 0.717) is 39.6 Å². The first-order valence-corrected chi connectivity index (χ1v) is 7.17. The Balaban J connectivity index is 2.12. The van der Waals surface area contributed by atoms with Crippen molar-refractivity contribution >= 4 is 0 Å². The van der Waals surface area contributed by atoms with Gasteiger partial charge in [0.05, 0.1) is 45.7 Å². The number of nitrogens with zero attached hydrogens (tertiary/aromatic N) is 1. The maximum Gasteiger partial charge on any atom is 0.0975 e. The molecule has 2 N–H and O–H groups in total. The predicted octanol–water partition coefficient (Wildman–Crippen LogP) is 1.17. The van der Waals surface area contributed by atoms with Crippen LogP contribution in [-0.4, -0.2) is 57.8 Å². The molecule has 0 spiro atoms. The Kier molecular flexibility index (Phi) is 9.94. The lowest BCUT2D eigenvalue weighted by molar-refractivity contribution is -0.0221. The number of hydrogen-bond acceptors (Lipinski definition) is 6. The van der Waals surface area contributed by atoms with E-state index in [-0.39, 0.29) is 12.1 Å². The molecule has 0 aliphatic carbocycles. The fraction of sp³-hybridized carbons (Fsp3) is 0.667. The number of hydrogen-bond donors (Lipinski definition) is 1. The number of pyridine rings is 1. The van der Waals surface area contributed by atoms with Crippen molar-refractivity contribution in [2.45, 2.75) is 19.1 Å². The normalized spacial score (nSPS) is 14.0. The van der Waals surface area contributed by atoms with Crippen LogP contribution in [0.25, 0.3) is 0 Å². The summed E-state index contributed by atoms with van der Waals surface area (Å²) in [5.41, 5.74) is 6.99. The average Bonchev–Trinajstić information content (AvgIpc) is 2.50. The molecule has 0 bridgehead atoms. The third-order valence-electron chi connectivity index (χ3n) is 2.84. The van der Waals surface area contributed by atoms with E-state index in [1.54, 1.807) is 19.5 Å². The predicted molar refractivity (Wildman–Crippen MR) is 80.1 cm³/mol. The van der Waals surface area contributed by atoms with Gasteiger partial charge in [0.25, 0.3) is 0 Å². The van der Waals surface area contributed by atoms with E-state index >= 15 is 0 Å². The lowest BCUT2D eigenvalue weighted by Crippen LogP contribution is -2.28. The van der Waals surface area contributed by atoms with Crippen LogP contribution < -0.4 is 5.73 Å². The van der Waals surface area contributed by atoms with Gasteiger partial charge in [0.2, 0.25) is 0 Å². The minimum atomic E-state index is -0.144. The van der Waals surface area contributed by atoms with Gasteiger partial charge in [-0.1, -0.05) is 0 Å². The number of ether oxygens (including phenoxy) is 4. The summed E-state index contributed by atoms with van der Waals surface area (Å²) in [4.78, 5) is 3.99. The van der Waals surface area contributed by atoms with Crippen molar-refractivity contribution in [3.05, 3.63) is 30.1 Å². The molecular weight excluding hydrogens is 272 g/mol. The maximum absolute atomic E-state index is 5.96. The molecule has 2 atom stereocenters. The molecule has 6 heteroatoms. The standard InChI is InChI=1S/C15H26N2O4/c1-13(16)15(14-3-5-17-6-4-14)21-12-11-20-10-9-19-8-7-18-2/h3-6,13,15H,7-12,16H2,1-2H3. The Labute approximate surface area is 126 Å². The van der Waals surface area contributed by atoms with Gasteiger partial charge in [-0.05, 0) is 24.6 Å². The summed E-state index contributed by atoms with van der Waals surface area (Å²) in [6.07, 6.45) is 3.33. The molecule has 1 aromatic rings. The highest BCUT2D eigenvalue weighted by molar-refractivity contribution is 5.14. The topological polar surface area (TPSA) is 75.8 Å². The van der Waals surface area contributed by atoms with E-state index in [4.69, 9.17) is 24.7 Å². The van der Waals surface area contributed by atoms with Gasteiger partial charge in [-0.25, -0.2) is 0 Å². The average molecular weight is 298 g/mol. The first-order valence-electron chi connectivity index (χ1n) is 7.17. The zero-order valence-corrected chi connectivity index (χ0v) is 12.9. The Bertz CT molecular complexity index is 349. The summed E-state index contributed by atoms with van der Waals surface area (Å²) in [5.74, 6) is 0. The van der Waals surface area contributed by atoms with Gasteiger partial charge >= 0.3 is 0 Å². The molecule has 1 heterocycles. The van der Waals surface area contributed by atoms with Crippen LogP contribution in [0.5, 0.6) is 0 Å². The smallest absolute Gasteiger partial charge is 0.0975 e. The molecule has 0 aliphatic rings. The van der Waals surface area contributed by atoms with Crippen LogP contribution in [0.1, 0.15) is 18.6 Å². The Morgan fingerprint density at radius 3 is 2.14 bits per heavy atom. The molecule has 0 saturated carbocycles. The van der Waals surface area contributed by atoms with Gasteiger partial charge in [-0.2, -0.15) is 0 Å². The van der Waals surface area contributed by atoms with Crippen molar-refractivity contribution in [3.8, 4) is 0 Å². The molecule has 120 valence electrons. The summed E-state index contributed by atoms with van der Waals surface area (Å²) in [5, 5.41) is 0. The molecule has 0 radical (unpaired) electrons. The molecule has 0 amide bonds. The minimum Gasteiger partial charge on any atom is -0.382 e. The van der Waals surface area contributed by atoms with Crippen molar-refractivity contribution in [3.63, 3.8) is 0 Å². The molecular formula is C15H26N2O4. The largest absolute Gasteiger partial charge is 0.382 e. The molecule has 6 nitrogen and oxygen atoms in total. The van der Waals surface area contributed by atoms with E-state index < -0.39 is 0 Å². The van der Waals surface area contributed by atoms with Crippen LogP contribution in [0.3, 0.4) is 0 Å². The fourth-order valence-electron chi connectivity index (χ4n) is 1.80. The Morgan fingerprint density at radius 1 is 1.00 bits per heavy atom. The molecule has 21 heavy (non-hydrogen) atoms. The van der Waals surface area contributed by atoms with Crippen molar-refractivity contribution in [2.75, 3.05) is 46.8 Å². The van der Waals surface area contributed by atoms with Crippen molar-refractivity contribution in [1.82, 2.24) is 4.98 Å². The summed E-state index contributed by atoms with van der Waals surface area (Å²) < 4.78 is 21.4. The summed E-state index contributed by atoms with van der Waals surface area (Å²) in [7, 11) is 1.65. The first kappa shape index (κ1) is 18.0. The first-order chi connectivity index (χ1) is 10.3.